The zero-order chi connectivity index (χ0) is 13.2. The first kappa shape index (κ1) is 12.9. The molecule has 3 heterocycles. The van der Waals surface area contributed by atoms with Gasteiger partial charge in [0.25, 0.3) is 0 Å². The highest BCUT2D eigenvalue weighted by Gasteiger charge is 2.29. The molecule has 2 fully saturated rings. The molecule has 0 saturated carbocycles. The average Bonchev–Trinajstić information content (AvgIpc) is 3.09. The fourth-order valence-corrected chi connectivity index (χ4v) is 3.29. The number of hydrogen-bond donors (Lipinski definition) is 0. The Hall–Kier alpha value is -1.09. The van der Waals surface area contributed by atoms with Gasteiger partial charge in [-0.15, -0.1) is 0 Å². The summed E-state index contributed by atoms with van der Waals surface area (Å²) >= 11 is 0. The first-order valence-corrected chi connectivity index (χ1v) is 7.70. The molecular formula is C16H25N3. The van der Waals surface area contributed by atoms with Crippen molar-refractivity contribution >= 4 is 5.82 Å². The van der Waals surface area contributed by atoms with Crippen molar-refractivity contribution in [3.63, 3.8) is 0 Å². The SMILES string of the molecule is CC(C)c1cccc(N2CC[C@H](N3CCCC3)C2)n1. The highest BCUT2D eigenvalue weighted by atomic mass is 15.3. The van der Waals surface area contributed by atoms with Gasteiger partial charge in [-0.25, -0.2) is 4.98 Å². The van der Waals surface area contributed by atoms with Gasteiger partial charge in [0.1, 0.15) is 5.82 Å². The molecule has 3 rings (SSSR count). The lowest BCUT2D eigenvalue weighted by Gasteiger charge is -2.24. The van der Waals surface area contributed by atoms with Crippen molar-refractivity contribution in [2.45, 2.75) is 45.1 Å². The molecule has 0 aliphatic carbocycles. The van der Waals surface area contributed by atoms with Crippen molar-refractivity contribution in [2.75, 3.05) is 31.1 Å². The molecule has 0 unspecified atom stereocenters. The number of anilines is 1. The number of pyridine rings is 1. The molecule has 3 heteroatoms. The summed E-state index contributed by atoms with van der Waals surface area (Å²) in [5.74, 6) is 1.69. The molecule has 2 aliphatic rings. The third kappa shape index (κ3) is 2.76. The van der Waals surface area contributed by atoms with E-state index in [1.807, 2.05) is 0 Å². The van der Waals surface area contributed by atoms with Crippen molar-refractivity contribution in [2.24, 2.45) is 0 Å². The highest BCUT2D eigenvalue weighted by molar-refractivity contribution is 5.41. The topological polar surface area (TPSA) is 19.4 Å². The molecular weight excluding hydrogens is 234 g/mol. The Morgan fingerprint density at radius 3 is 2.68 bits per heavy atom. The highest BCUT2D eigenvalue weighted by Crippen LogP contribution is 2.25. The predicted octanol–water partition coefficient (Wildman–Crippen LogP) is 2.88. The van der Waals surface area contributed by atoms with E-state index in [-0.39, 0.29) is 0 Å². The molecule has 0 bridgehead atoms. The zero-order valence-corrected chi connectivity index (χ0v) is 12.2. The van der Waals surface area contributed by atoms with Crippen LogP contribution in [0.5, 0.6) is 0 Å². The Morgan fingerprint density at radius 1 is 1.16 bits per heavy atom. The predicted molar refractivity (Wildman–Crippen MR) is 79.8 cm³/mol. The fraction of sp³-hybridized carbons (Fsp3) is 0.688. The van der Waals surface area contributed by atoms with Crippen LogP contribution in [-0.4, -0.2) is 42.1 Å². The van der Waals surface area contributed by atoms with E-state index in [1.54, 1.807) is 0 Å². The average molecular weight is 259 g/mol. The van der Waals surface area contributed by atoms with Gasteiger partial charge in [-0.3, -0.25) is 4.90 Å². The molecule has 0 N–H and O–H groups in total. The maximum absolute atomic E-state index is 4.82. The van der Waals surface area contributed by atoms with Crippen LogP contribution in [0.1, 0.15) is 44.7 Å². The van der Waals surface area contributed by atoms with Crippen LogP contribution in [0, 0.1) is 0 Å². The van der Waals surface area contributed by atoms with Crippen LogP contribution in [0.2, 0.25) is 0 Å². The second-order valence-electron chi connectivity index (χ2n) is 6.21. The Kier molecular flexibility index (Phi) is 3.74. The standard InChI is InChI=1S/C16H25N3/c1-13(2)15-6-5-7-16(17-15)19-11-8-14(12-19)18-9-3-4-10-18/h5-7,13-14H,3-4,8-12H2,1-2H3/t14-/m0/s1. The number of nitrogens with zero attached hydrogens (tertiary/aromatic N) is 3. The Bertz CT molecular complexity index is 424. The molecule has 1 aromatic heterocycles. The molecule has 3 nitrogen and oxygen atoms in total. The molecule has 0 amide bonds. The van der Waals surface area contributed by atoms with Gasteiger partial charge in [-0.1, -0.05) is 19.9 Å². The summed E-state index contributed by atoms with van der Waals surface area (Å²) in [6, 6.07) is 7.22. The van der Waals surface area contributed by atoms with Gasteiger partial charge in [0.15, 0.2) is 0 Å². The molecule has 1 aromatic rings. The van der Waals surface area contributed by atoms with Gasteiger partial charge in [0.2, 0.25) is 0 Å². The van der Waals surface area contributed by atoms with Gasteiger partial charge in [-0.2, -0.15) is 0 Å². The third-order valence-corrected chi connectivity index (χ3v) is 4.49. The van der Waals surface area contributed by atoms with E-state index in [1.165, 1.54) is 43.9 Å². The second-order valence-corrected chi connectivity index (χ2v) is 6.21. The Morgan fingerprint density at radius 2 is 1.95 bits per heavy atom. The first-order chi connectivity index (χ1) is 9.24. The van der Waals surface area contributed by atoms with Crippen molar-refractivity contribution in [3.05, 3.63) is 23.9 Å². The van der Waals surface area contributed by atoms with Gasteiger partial charge >= 0.3 is 0 Å². The Labute approximate surface area is 116 Å². The number of rotatable bonds is 3. The zero-order valence-electron chi connectivity index (χ0n) is 12.2. The molecule has 0 aromatic carbocycles. The number of aromatic nitrogens is 1. The molecule has 0 radical (unpaired) electrons. The van der Waals surface area contributed by atoms with E-state index in [2.05, 4.69) is 41.8 Å². The molecule has 2 aliphatic heterocycles. The molecule has 1 atom stereocenters. The normalized spacial score (nSPS) is 24.6. The maximum atomic E-state index is 4.82. The van der Waals surface area contributed by atoms with Crippen molar-refractivity contribution < 1.29 is 0 Å². The molecule has 0 spiro atoms. The maximum Gasteiger partial charge on any atom is 0.128 e. The first-order valence-electron chi connectivity index (χ1n) is 7.70. The lowest BCUT2D eigenvalue weighted by Crippen LogP contribution is -2.35. The van der Waals surface area contributed by atoms with E-state index in [0.717, 1.165) is 19.1 Å². The van der Waals surface area contributed by atoms with Crippen LogP contribution in [0.3, 0.4) is 0 Å². The van der Waals surface area contributed by atoms with E-state index in [0.29, 0.717) is 5.92 Å². The van der Waals surface area contributed by atoms with Crippen LogP contribution >= 0.6 is 0 Å². The summed E-state index contributed by atoms with van der Waals surface area (Å²) in [5, 5.41) is 0. The van der Waals surface area contributed by atoms with Crippen LogP contribution < -0.4 is 4.90 Å². The van der Waals surface area contributed by atoms with Crippen LogP contribution in [0.15, 0.2) is 18.2 Å². The Balaban J connectivity index is 1.68. The molecule has 2 saturated heterocycles. The van der Waals surface area contributed by atoms with E-state index < -0.39 is 0 Å². The van der Waals surface area contributed by atoms with Gasteiger partial charge in [-0.05, 0) is 50.4 Å². The lowest BCUT2D eigenvalue weighted by molar-refractivity contribution is 0.260. The van der Waals surface area contributed by atoms with Crippen molar-refractivity contribution in [1.82, 2.24) is 9.88 Å². The minimum absolute atomic E-state index is 0.511. The second kappa shape index (κ2) is 5.49. The number of likely N-dealkylation sites (tertiary alicyclic amines) is 1. The summed E-state index contributed by atoms with van der Waals surface area (Å²) in [5.41, 5.74) is 1.21. The van der Waals surface area contributed by atoms with Gasteiger partial charge in [0, 0.05) is 24.8 Å². The van der Waals surface area contributed by atoms with E-state index in [4.69, 9.17) is 4.98 Å². The minimum Gasteiger partial charge on any atom is -0.355 e. The van der Waals surface area contributed by atoms with Crippen LogP contribution in [0.25, 0.3) is 0 Å². The van der Waals surface area contributed by atoms with Crippen molar-refractivity contribution in [3.8, 4) is 0 Å². The number of hydrogen-bond acceptors (Lipinski definition) is 3. The van der Waals surface area contributed by atoms with Crippen molar-refractivity contribution in [1.29, 1.82) is 0 Å². The third-order valence-electron chi connectivity index (χ3n) is 4.49. The lowest BCUT2D eigenvalue weighted by atomic mass is 10.1. The van der Waals surface area contributed by atoms with E-state index >= 15 is 0 Å². The smallest absolute Gasteiger partial charge is 0.128 e. The summed E-state index contributed by atoms with van der Waals surface area (Å²) in [4.78, 5) is 9.96. The summed E-state index contributed by atoms with van der Waals surface area (Å²) in [6.07, 6.45) is 4.07. The van der Waals surface area contributed by atoms with Crippen LogP contribution in [0.4, 0.5) is 5.82 Å². The summed E-state index contributed by atoms with van der Waals surface area (Å²) in [6.45, 7) is 9.35. The fourth-order valence-electron chi connectivity index (χ4n) is 3.29. The molecule has 19 heavy (non-hydrogen) atoms. The summed E-state index contributed by atoms with van der Waals surface area (Å²) < 4.78 is 0. The quantitative estimate of drug-likeness (QED) is 0.832. The largest absolute Gasteiger partial charge is 0.355 e. The van der Waals surface area contributed by atoms with E-state index in [9.17, 15) is 0 Å². The minimum atomic E-state index is 0.511. The van der Waals surface area contributed by atoms with Gasteiger partial charge in [0.05, 0.1) is 0 Å². The monoisotopic (exact) mass is 259 g/mol. The molecule has 104 valence electrons. The van der Waals surface area contributed by atoms with Gasteiger partial charge < -0.3 is 4.90 Å². The van der Waals surface area contributed by atoms with Crippen LogP contribution in [-0.2, 0) is 0 Å². The summed E-state index contributed by atoms with van der Waals surface area (Å²) in [7, 11) is 0.